The van der Waals surface area contributed by atoms with Gasteiger partial charge in [-0.25, -0.2) is 0 Å². The molecule has 0 aliphatic heterocycles. The molecule has 1 aliphatic rings. The van der Waals surface area contributed by atoms with Crippen LogP contribution in [0.25, 0.3) is 0 Å². The van der Waals surface area contributed by atoms with Gasteiger partial charge in [0.25, 0.3) is 0 Å². The van der Waals surface area contributed by atoms with Crippen LogP contribution in [0.2, 0.25) is 0 Å². The zero-order valence-corrected chi connectivity index (χ0v) is 15.1. The first-order valence-corrected chi connectivity index (χ1v) is 9.61. The number of Topliss-reactive ketones (excluding diaryl/α,β-unsaturated/α-hetero) is 1. The molecule has 2 aromatic rings. The number of ketones is 1. The molecule has 0 fully saturated rings. The van der Waals surface area contributed by atoms with Crippen LogP contribution in [0.5, 0.6) is 5.75 Å². The fourth-order valence-corrected chi connectivity index (χ4v) is 3.80. The molecule has 3 rings (SSSR count). The quantitative estimate of drug-likeness (QED) is 0.647. The molecule has 1 unspecified atom stereocenters. The molecular weight excluding hydrogens is 308 g/mol. The smallest absolute Gasteiger partial charge is 0.163 e. The van der Waals surface area contributed by atoms with E-state index in [1.54, 1.807) is 12.1 Å². The molecule has 1 atom stereocenters. The SMILES string of the molecule is CCCCCCCc1ccc(C2CC(=O)c3cc(O)ccc3C2)cc1. The number of carbonyl (C=O) groups excluding carboxylic acids is 1. The van der Waals surface area contributed by atoms with E-state index >= 15 is 0 Å². The molecule has 1 aliphatic carbocycles. The Morgan fingerprint density at radius 2 is 1.72 bits per heavy atom. The maximum Gasteiger partial charge on any atom is 0.163 e. The van der Waals surface area contributed by atoms with Crippen molar-refractivity contribution in [2.75, 3.05) is 0 Å². The number of carbonyl (C=O) groups is 1. The minimum absolute atomic E-state index is 0.141. The summed E-state index contributed by atoms with van der Waals surface area (Å²) < 4.78 is 0. The van der Waals surface area contributed by atoms with E-state index in [2.05, 4.69) is 31.2 Å². The predicted octanol–water partition coefficient (Wildman–Crippen LogP) is 5.82. The normalized spacial score (nSPS) is 16.7. The van der Waals surface area contributed by atoms with Crippen LogP contribution < -0.4 is 0 Å². The molecule has 0 amide bonds. The van der Waals surface area contributed by atoms with Gasteiger partial charge in [-0.3, -0.25) is 4.79 Å². The number of unbranched alkanes of at least 4 members (excludes halogenated alkanes) is 4. The molecule has 0 aromatic heterocycles. The molecule has 0 saturated heterocycles. The number of phenolic OH excluding ortho intramolecular Hbond substituents is 1. The van der Waals surface area contributed by atoms with Gasteiger partial charge >= 0.3 is 0 Å². The molecule has 1 N–H and O–H groups in total. The van der Waals surface area contributed by atoms with Crippen LogP contribution in [0.1, 0.15) is 78.4 Å². The molecular formula is C23H28O2. The van der Waals surface area contributed by atoms with Crippen LogP contribution in [0, 0.1) is 0 Å². The van der Waals surface area contributed by atoms with Crippen molar-refractivity contribution in [1.29, 1.82) is 0 Å². The monoisotopic (exact) mass is 336 g/mol. The van der Waals surface area contributed by atoms with E-state index < -0.39 is 0 Å². The van der Waals surface area contributed by atoms with Gasteiger partial charge in [0.05, 0.1) is 0 Å². The summed E-state index contributed by atoms with van der Waals surface area (Å²) in [4.78, 5) is 12.4. The molecule has 0 bridgehead atoms. The Balaban J connectivity index is 1.61. The first-order chi connectivity index (χ1) is 12.2. The maximum atomic E-state index is 12.4. The Kier molecular flexibility index (Phi) is 5.91. The lowest BCUT2D eigenvalue weighted by molar-refractivity contribution is 0.0964. The second-order valence-electron chi connectivity index (χ2n) is 7.28. The lowest BCUT2D eigenvalue weighted by atomic mass is 9.79. The minimum atomic E-state index is 0.141. The number of phenols is 1. The van der Waals surface area contributed by atoms with Crippen LogP contribution in [0.3, 0.4) is 0 Å². The number of rotatable bonds is 7. The molecule has 0 saturated carbocycles. The van der Waals surface area contributed by atoms with E-state index in [9.17, 15) is 9.90 Å². The number of fused-ring (bicyclic) bond motifs is 1. The Labute approximate surface area is 150 Å². The molecule has 2 heteroatoms. The van der Waals surface area contributed by atoms with Crippen LogP contribution >= 0.6 is 0 Å². The van der Waals surface area contributed by atoms with Crippen LogP contribution in [-0.2, 0) is 12.8 Å². The Hall–Kier alpha value is -2.09. The van der Waals surface area contributed by atoms with E-state index in [0.717, 1.165) is 18.4 Å². The van der Waals surface area contributed by atoms with Crippen molar-refractivity contribution >= 4 is 5.78 Å². The van der Waals surface area contributed by atoms with Gasteiger partial charge in [-0.1, -0.05) is 62.9 Å². The van der Waals surface area contributed by atoms with Crippen LogP contribution in [0.4, 0.5) is 0 Å². The highest BCUT2D eigenvalue weighted by Gasteiger charge is 2.26. The van der Waals surface area contributed by atoms with Crippen molar-refractivity contribution in [3.63, 3.8) is 0 Å². The fraction of sp³-hybridized carbons (Fsp3) is 0.435. The zero-order valence-electron chi connectivity index (χ0n) is 15.1. The summed E-state index contributed by atoms with van der Waals surface area (Å²) in [5, 5.41) is 9.59. The summed E-state index contributed by atoms with van der Waals surface area (Å²) in [6.45, 7) is 2.25. The Morgan fingerprint density at radius 3 is 2.48 bits per heavy atom. The van der Waals surface area contributed by atoms with E-state index in [-0.39, 0.29) is 17.5 Å². The predicted molar refractivity (Wildman–Crippen MR) is 102 cm³/mol. The minimum Gasteiger partial charge on any atom is -0.508 e. The van der Waals surface area contributed by atoms with Gasteiger partial charge in [0.15, 0.2) is 5.78 Å². The molecule has 25 heavy (non-hydrogen) atoms. The highest BCUT2D eigenvalue weighted by Crippen LogP contribution is 2.34. The van der Waals surface area contributed by atoms with Crippen molar-refractivity contribution < 1.29 is 9.90 Å². The van der Waals surface area contributed by atoms with Gasteiger partial charge in [0, 0.05) is 12.0 Å². The van der Waals surface area contributed by atoms with Gasteiger partial charge < -0.3 is 5.11 Å². The lowest BCUT2D eigenvalue weighted by Crippen LogP contribution is -2.18. The summed E-state index contributed by atoms with van der Waals surface area (Å²) in [6.07, 6.45) is 9.11. The summed E-state index contributed by atoms with van der Waals surface area (Å²) in [5.74, 6) is 0.569. The average Bonchev–Trinajstić information content (AvgIpc) is 2.62. The van der Waals surface area contributed by atoms with Gasteiger partial charge in [0.1, 0.15) is 5.75 Å². The average molecular weight is 336 g/mol. The van der Waals surface area contributed by atoms with Crippen molar-refractivity contribution in [3.05, 3.63) is 64.7 Å². The summed E-state index contributed by atoms with van der Waals surface area (Å²) in [7, 11) is 0. The largest absolute Gasteiger partial charge is 0.508 e. The molecule has 132 valence electrons. The van der Waals surface area contributed by atoms with Crippen molar-refractivity contribution in [3.8, 4) is 5.75 Å². The molecule has 0 heterocycles. The van der Waals surface area contributed by atoms with Gasteiger partial charge in [-0.05, 0) is 54.0 Å². The number of hydrogen-bond donors (Lipinski definition) is 1. The third-order valence-electron chi connectivity index (χ3n) is 5.31. The first-order valence-electron chi connectivity index (χ1n) is 9.61. The van der Waals surface area contributed by atoms with Crippen molar-refractivity contribution in [1.82, 2.24) is 0 Å². The van der Waals surface area contributed by atoms with E-state index in [1.165, 1.54) is 43.2 Å². The lowest BCUT2D eigenvalue weighted by Gasteiger charge is -2.24. The molecule has 0 spiro atoms. The topological polar surface area (TPSA) is 37.3 Å². The summed E-state index contributed by atoms with van der Waals surface area (Å²) in [6, 6.07) is 14.0. The van der Waals surface area contributed by atoms with Crippen LogP contribution in [-0.4, -0.2) is 10.9 Å². The number of aromatic hydroxyl groups is 1. The first kappa shape index (κ1) is 17.7. The number of hydrogen-bond acceptors (Lipinski definition) is 2. The Morgan fingerprint density at radius 1 is 0.960 bits per heavy atom. The summed E-state index contributed by atoms with van der Waals surface area (Å²) in [5.41, 5.74) is 4.40. The van der Waals surface area contributed by atoms with Gasteiger partial charge in [-0.2, -0.15) is 0 Å². The number of benzene rings is 2. The van der Waals surface area contributed by atoms with Gasteiger partial charge in [-0.15, -0.1) is 0 Å². The highest BCUT2D eigenvalue weighted by molar-refractivity contribution is 5.99. The maximum absolute atomic E-state index is 12.4. The fourth-order valence-electron chi connectivity index (χ4n) is 3.80. The highest BCUT2D eigenvalue weighted by atomic mass is 16.3. The second-order valence-corrected chi connectivity index (χ2v) is 7.28. The van der Waals surface area contributed by atoms with Crippen molar-refractivity contribution in [2.45, 2.75) is 64.2 Å². The molecule has 0 radical (unpaired) electrons. The summed E-state index contributed by atoms with van der Waals surface area (Å²) >= 11 is 0. The van der Waals surface area contributed by atoms with E-state index in [4.69, 9.17) is 0 Å². The zero-order chi connectivity index (χ0) is 17.6. The van der Waals surface area contributed by atoms with Crippen LogP contribution in [0.15, 0.2) is 42.5 Å². The third-order valence-corrected chi connectivity index (χ3v) is 5.31. The number of aryl methyl sites for hydroxylation is 1. The second kappa shape index (κ2) is 8.33. The molecule has 2 aromatic carbocycles. The van der Waals surface area contributed by atoms with E-state index in [0.29, 0.717) is 12.0 Å². The standard InChI is InChI=1S/C23H28O2/c1-2-3-4-5-6-7-17-8-10-18(11-9-17)20-14-19-12-13-21(24)16-22(19)23(25)15-20/h8-13,16,20,24H,2-7,14-15H2,1H3. The Bertz CT molecular complexity index is 715. The molecule has 2 nitrogen and oxygen atoms in total. The third kappa shape index (κ3) is 4.50. The van der Waals surface area contributed by atoms with Crippen molar-refractivity contribution in [2.24, 2.45) is 0 Å². The van der Waals surface area contributed by atoms with E-state index in [1.807, 2.05) is 6.07 Å². The van der Waals surface area contributed by atoms with Gasteiger partial charge in [0.2, 0.25) is 0 Å².